The van der Waals surface area contributed by atoms with Gasteiger partial charge in [-0.1, -0.05) is 11.6 Å². The maximum absolute atomic E-state index is 6.10. The second kappa shape index (κ2) is 2.77. The molecule has 0 radical (unpaired) electrons. The topological polar surface area (TPSA) is 26.0 Å². The molecule has 0 saturated carbocycles. The molecule has 0 unspecified atom stereocenters. The summed E-state index contributed by atoms with van der Waals surface area (Å²) >= 11 is 7.89. The highest BCUT2D eigenvalue weighted by Crippen LogP contribution is 2.38. The smallest absolute Gasteiger partial charge is 0.0592 e. The molecule has 0 saturated heterocycles. The predicted molar refractivity (Wildman–Crippen MR) is 49.2 cm³/mol. The lowest BCUT2D eigenvalue weighted by Gasteiger charge is -1.92. The molecule has 0 aliphatic heterocycles. The number of rotatable bonds is 1. The van der Waals surface area contributed by atoms with Crippen LogP contribution in [0.25, 0.3) is 0 Å². The number of halogens is 1. The monoisotopic (exact) mass is 187 g/mol. The molecule has 1 nitrogen and oxygen atoms in total. The van der Waals surface area contributed by atoms with Gasteiger partial charge >= 0.3 is 0 Å². The Bertz CT molecular complexity index is 279. The molecule has 0 amide bonds. The third-order valence-corrected chi connectivity index (χ3v) is 3.99. The van der Waals surface area contributed by atoms with E-state index < -0.39 is 0 Å². The highest BCUT2D eigenvalue weighted by atomic mass is 35.5. The molecule has 1 heterocycles. The van der Waals surface area contributed by atoms with Crippen molar-refractivity contribution in [3.8, 4) is 0 Å². The number of hydrogen-bond donors (Lipinski definition) is 1. The fourth-order valence-corrected chi connectivity index (χ4v) is 3.18. The van der Waals surface area contributed by atoms with Crippen molar-refractivity contribution in [2.75, 3.05) is 0 Å². The van der Waals surface area contributed by atoms with E-state index in [-0.39, 0.29) is 0 Å². The largest absolute Gasteiger partial charge is 0.326 e. The molecule has 0 spiro atoms. The molecule has 0 fully saturated rings. The molecule has 1 aliphatic rings. The SMILES string of the molecule is NCc1sc2c(c1Cl)CCC2. The van der Waals surface area contributed by atoms with Crippen molar-refractivity contribution in [3.05, 3.63) is 20.3 Å². The first-order valence-electron chi connectivity index (χ1n) is 3.82. The number of aryl methyl sites for hydroxylation is 1. The molecule has 0 bridgehead atoms. The molecule has 1 aliphatic carbocycles. The van der Waals surface area contributed by atoms with Crippen LogP contribution in [0.15, 0.2) is 0 Å². The quantitative estimate of drug-likeness (QED) is 0.718. The van der Waals surface area contributed by atoms with Gasteiger partial charge in [0.2, 0.25) is 0 Å². The molecule has 11 heavy (non-hydrogen) atoms. The van der Waals surface area contributed by atoms with E-state index >= 15 is 0 Å². The van der Waals surface area contributed by atoms with Crippen LogP contribution in [-0.4, -0.2) is 0 Å². The van der Waals surface area contributed by atoms with E-state index in [1.54, 1.807) is 11.3 Å². The van der Waals surface area contributed by atoms with Crippen molar-refractivity contribution in [1.82, 2.24) is 0 Å². The summed E-state index contributed by atoms with van der Waals surface area (Å²) in [7, 11) is 0. The molecule has 3 heteroatoms. The van der Waals surface area contributed by atoms with Crippen LogP contribution in [0.1, 0.15) is 21.7 Å². The summed E-state index contributed by atoms with van der Waals surface area (Å²) in [4.78, 5) is 2.63. The summed E-state index contributed by atoms with van der Waals surface area (Å²) in [5, 5.41) is 0.949. The molecule has 1 aromatic rings. The van der Waals surface area contributed by atoms with Gasteiger partial charge in [0.15, 0.2) is 0 Å². The Balaban J connectivity index is 2.49. The third kappa shape index (κ3) is 1.10. The van der Waals surface area contributed by atoms with Crippen LogP contribution in [0.3, 0.4) is 0 Å². The predicted octanol–water partition coefficient (Wildman–Crippen LogP) is 2.35. The van der Waals surface area contributed by atoms with Gasteiger partial charge in [-0.25, -0.2) is 0 Å². The average molecular weight is 188 g/mol. The highest BCUT2D eigenvalue weighted by Gasteiger charge is 2.19. The Hall–Kier alpha value is -0.0500. The molecule has 0 aromatic carbocycles. The number of nitrogens with two attached hydrogens (primary N) is 1. The zero-order valence-electron chi connectivity index (χ0n) is 6.19. The Kier molecular flexibility index (Phi) is 1.91. The van der Waals surface area contributed by atoms with Gasteiger partial charge < -0.3 is 5.73 Å². The second-order valence-corrected chi connectivity index (χ2v) is 4.37. The van der Waals surface area contributed by atoms with Crippen molar-refractivity contribution < 1.29 is 0 Å². The van der Waals surface area contributed by atoms with Crippen LogP contribution in [0.2, 0.25) is 5.02 Å². The van der Waals surface area contributed by atoms with Crippen LogP contribution >= 0.6 is 22.9 Å². The standard InChI is InChI=1S/C8H10ClNS/c9-8-5-2-1-3-6(5)11-7(8)4-10/h1-4,10H2. The molecule has 0 atom stereocenters. The lowest BCUT2D eigenvalue weighted by atomic mass is 10.2. The first-order chi connectivity index (χ1) is 5.33. The molecule has 1 aromatic heterocycles. The normalized spacial score (nSPS) is 15.5. The lowest BCUT2D eigenvalue weighted by molar-refractivity contribution is 0.913. The van der Waals surface area contributed by atoms with Crippen molar-refractivity contribution >= 4 is 22.9 Å². The lowest BCUT2D eigenvalue weighted by Crippen LogP contribution is -1.93. The maximum atomic E-state index is 6.10. The minimum absolute atomic E-state index is 0.594. The second-order valence-electron chi connectivity index (χ2n) is 2.80. The molecular weight excluding hydrogens is 178 g/mol. The average Bonchev–Trinajstić information content (AvgIpc) is 2.53. The minimum atomic E-state index is 0.594. The van der Waals surface area contributed by atoms with Crippen LogP contribution in [-0.2, 0) is 19.4 Å². The van der Waals surface area contributed by atoms with E-state index in [1.807, 2.05) is 0 Å². The van der Waals surface area contributed by atoms with E-state index in [4.69, 9.17) is 17.3 Å². The summed E-state index contributed by atoms with van der Waals surface area (Å²) in [5.74, 6) is 0. The summed E-state index contributed by atoms with van der Waals surface area (Å²) in [6.07, 6.45) is 3.64. The first-order valence-corrected chi connectivity index (χ1v) is 5.01. The van der Waals surface area contributed by atoms with E-state index in [9.17, 15) is 0 Å². The van der Waals surface area contributed by atoms with Crippen LogP contribution in [0.4, 0.5) is 0 Å². The summed E-state index contributed by atoms with van der Waals surface area (Å²) in [5.41, 5.74) is 6.91. The van der Waals surface area contributed by atoms with Crippen molar-refractivity contribution in [2.45, 2.75) is 25.8 Å². The third-order valence-electron chi connectivity index (χ3n) is 2.11. The summed E-state index contributed by atoms with van der Waals surface area (Å²) < 4.78 is 0. The molecule has 60 valence electrons. The molecule has 2 N–H and O–H groups in total. The minimum Gasteiger partial charge on any atom is -0.326 e. The zero-order chi connectivity index (χ0) is 7.84. The fourth-order valence-electron chi connectivity index (χ4n) is 1.55. The summed E-state index contributed by atoms with van der Waals surface area (Å²) in [6, 6.07) is 0. The van der Waals surface area contributed by atoms with Crippen LogP contribution in [0, 0.1) is 0 Å². The van der Waals surface area contributed by atoms with Gasteiger partial charge in [0.25, 0.3) is 0 Å². The van der Waals surface area contributed by atoms with Gasteiger partial charge in [0.1, 0.15) is 0 Å². The molecular formula is C8H10ClNS. The number of hydrogen-bond acceptors (Lipinski definition) is 2. The highest BCUT2D eigenvalue weighted by molar-refractivity contribution is 7.12. The van der Waals surface area contributed by atoms with Gasteiger partial charge in [-0.3, -0.25) is 0 Å². The van der Waals surface area contributed by atoms with Crippen LogP contribution in [0.5, 0.6) is 0 Å². The zero-order valence-corrected chi connectivity index (χ0v) is 7.76. The van der Waals surface area contributed by atoms with E-state index in [0.717, 1.165) is 16.3 Å². The fraction of sp³-hybridized carbons (Fsp3) is 0.500. The Morgan fingerprint density at radius 3 is 2.91 bits per heavy atom. The van der Waals surface area contributed by atoms with Gasteiger partial charge in [-0.2, -0.15) is 0 Å². The molecule has 2 rings (SSSR count). The number of fused-ring (bicyclic) bond motifs is 1. The Labute approximate surface area is 75.2 Å². The van der Waals surface area contributed by atoms with Gasteiger partial charge in [0, 0.05) is 16.3 Å². The number of thiophene rings is 1. The van der Waals surface area contributed by atoms with Crippen molar-refractivity contribution in [1.29, 1.82) is 0 Å². The first kappa shape index (κ1) is 7.59. The van der Waals surface area contributed by atoms with Gasteiger partial charge in [-0.15, -0.1) is 11.3 Å². The van der Waals surface area contributed by atoms with Crippen molar-refractivity contribution in [2.24, 2.45) is 5.73 Å². The van der Waals surface area contributed by atoms with E-state index in [0.29, 0.717) is 6.54 Å². The Morgan fingerprint density at radius 2 is 2.27 bits per heavy atom. The van der Waals surface area contributed by atoms with E-state index in [2.05, 4.69) is 0 Å². The Morgan fingerprint density at radius 1 is 1.45 bits per heavy atom. The van der Waals surface area contributed by atoms with E-state index in [1.165, 1.54) is 23.3 Å². The van der Waals surface area contributed by atoms with Gasteiger partial charge in [-0.05, 0) is 24.8 Å². The summed E-state index contributed by atoms with van der Waals surface area (Å²) in [6.45, 7) is 0.594. The maximum Gasteiger partial charge on any atom is 0.0592 e. The van der Waals surface area contributed by atoms with Crippen molar-refractivity contribution in [3.63, 3.8) is 0 Å². The van der Waals surface area contributed by atoms with Crippen LogP contribution < -0.4 is 5.73 Å². The van der Waals surface area contributed by atoms with Gasteiger partial charge in [0.05, 0.1) is 5.02 Å².